The number of carbonyl (C=O) groups excluding carboxylic acids is 2. The average Bonchev–Trinajstić information content (AvgIpc) is 3.42. The van der Waals surface area contributed by atoms with E-state index in [0.29, 0.717) is 23.1 Å². The van der Waals surface area contributed by atoms with E-state index in [1.54, 1.807) is 6.26 Å². The number of urea groups is 1. The van der Waals surface area contributed by atoms with E-state index < -0.39 is 17.2 Å². The Balaban J connectivity index is 1.75. The Kier molecular flexibility index (Phi) is 6.37. The topological polar surface area (TPSA) is 116 Å². The van der Waals surface area contributed by atoms with Crippen LogP contribution >= 0.6 is 11.8 Å². The molecule has 2 aromatic heterocycles. The van der Waals surface area contributed by atoms with Crippen molar-refractivity contribution in [1.82, 2.24) is 20.1 Å². The van der Waals surface area contributed by atoms with Crippen LogP contribution in [0.4, 0.5) is 4.79 Å². The van der Waals surface area contributed by atoms with E-state index >= 15 is 0 Å². The predicted molar refractivity (Wildman–Crippen MR) is 121 cm³/mol. The second-order valence-electron chi connectivity index (χ2n) is 7.10. The maximum Gasteiger partial charge on any atom is 0.318 e. The van der Waals surface area contributed by atoms with Crippen molar-refractivity contribution in [2.24, 2.45) is 5.73 Å². The smallest absolute Gasteiger partial charge is 0.318 e. The van der Waals surface area contributed by atoms with Crippen LogP contribution in [0.5, 0.6) is 0 Å². The third-order valence-electron chi connectivity index (χ3n) is 4.70. The van der Waals surface area contributed by atoms with Gasteiger partial charge < -0.3 is 10.2 Å². The van der Waals surface area contributed by atoms with E-state index in [0.717, 1.165) is 16.9 Å². The van der Waals surface area contributed by atoms with E-state index in [1.165, 1.54) is 11.8 Å². The number of furan rings is 1. The molecule has 0 aliphatic carbocycles. The summed E-state index contributed by atoms with van der Waals surface area (Å²) in [7, 11) is 0. The first-order chi connectivity index (χ1) is 15.5. The summed E-state index contributed by atoms with van der Waals surface area (Å²) in [5.41, 5.74) is 7.89. The molecule has 0 fully saturated rings. The SMILES string of the molecule is Cc1cccc(-c2nnc(S[C@H](C(=O)NC(N)=O)c3ccccc3)n2Cc2ccco2)c1. The minimum Gasteiger partial charge on any atom is -0.467 e. The highest BCUT2D eigenvalue weighted by Gasteiger charge is 2.27. The quantitative estimate of drug-likeness (QED) is 0.415. The molecule has 8 nitrogen and oxygen atoms in total. The number of hydrogen-bond donors (Lipinski definition) is 2. The summed E-state index contributed by atoms with van der Waals surface area (Å²) < 4.78 is 7.43. The molecule has 0 saturated heterocycles. The second kappa shape index (κ2) is 9.52. The Bertz CT molecular complexity index is 1220. The molecule has 3 N–H and O–H groups in total. The highest BCUT2D eigenvalue weighted by Crippen LogP contribution is 2.36. The van der Waals surface area contributed by atoms with Gasteiger partial charge >= 0.3 is 6.03 Å². The third-order valence-corrected chi connectivity index (χ3v) is 5.93. The van der Waals surface area contributed by atoms with Gasteiger partial charge in [-0.05, 0) is 30.7 Å². The Morgan fingerprint density at radius 1 is 1.09 bits per heavy atom. The molecule has 0 saturated carbocycles. The van der Waals surface area contributed by atoms with Crippen molar-refractivity contribution in [2.45, 2.75) is 23.9 Å². The molecular weight excluding hydrogens is 426 g/mol. The van der Waals surface area contributed by atoms with E-state index in [4.69, 9.17) is 10.2 Å². The minimum atomic E-state index is -0.908. The van der Waals surface area contributed by atoms with Crippen molar-refractivity contribution in [3.05, 3.63) is 89.9 Å². The van der Waals surface area contributed by atoms with Crippen molar-refractivity contribution in [2.75, 3.05) is 0 Å². The number of imide groups is 1. The largest absolute Gasteiger partial charge is 0.467 e. The minimum absolute atomic E-state index is 0.380. The normalized spacial score (nSPS) is 11.8. The zero-order valence-corrected chi connectivity index (χ0v) is 18.1. The molecule has 0 bridgehead atoms. The van der Waals surface area contributed by atoms with Gasteiger partial charge in [0.1, 0.15) is 11.0 Å². The summed E-state index contributed by atoms with van der Waals surface area (Å²) in [6, 6.07) is 19.8. The van der Waals surface area contributed by atoms with Crippen LogP contribution in [0.1, 0.15) is 22.1 Å². The first-order valence-electron chi connectivity index (χ1n) is 9.86. The van der Waals surface area contributed by atoms with Gasteiger partial charge in [-0.15, -0.1) is 10.2 Å². The maximum atomic E-state index is 12.8. The molecule has 1 atom stereocenters. The Morgan fingerprint density at radius 3 is 2.59 bits per heavy atom. The third kappa shape index (κ3) is 4.89. The number of rotatable bonds is 7. The molecular formula is C23H21N5O3S. The maximum absolute atomic E-state index is 12.8. The lowest BCUT2D eigenvalue weighted by atomic mass is 10.1. The predicted octanol–water partition coefficient (Wildman–Crippen LogP) is 3.92. The van der Waals surface area contributed by atoms with Gasteiger partial charge in [-0.3, -0.25) is 14.7 Å². The van der Waals surface area contributed by atoms with Crippen molar-refractivity contribution >= 4 is 23.7 Å². The zero-order chi connectivity index (χ0) is 22.5. The number of nitrogens with one attached hydrogen (secondary N) is 1. The fraction of sp³-hybridized carbons (Fsp3) is 0.130. The summed E-state index contributed by atoms with van der Waals surface area (Å²) >= 11 is 1.19. The highest BCUT2D eigenvalue weighted by molar-refractivity contribution is 8.00. The molecule has 2 aromatic carbocycles. The van der Waals surface area contributed by atoms with Crippen LogP contribution < -0.4 is 11.1 Å². The second-order valence-corrected chi connectivity index (χ2v) is 8.18. The lowest BCUT2D eigenvalue weighted by molar-refractivity contribution is -0.119. The summed E-state index contributed by atoms with van der Waals surface area (Å²) in [6.45, 7) is 2.39. The molecule has 0 aliphatic heterocycles. The molecule has 0 radical (unpaired) electrons. The molecule has 2 heterocycles. The molecule has 3 amide bonds. The number of aryl methyl sites for hydroxylation is 1. The van der Waals surface area contributed by atoms with Crippen LogP contribution in [0.15, 0.2) is 82.6 Å². The lowest BCUT2D eigenvalue weighted by Crippen LogP contribution is -2.37. The van der Waals surface area contributed by atoms with Gasteiger partial charge in [-0.2, -0.15) is 0 Å². The number of nitrogens with two attached hydrogens (primary N) is 1. The van der Waals surface area contributed by atoms with Crippen molar-refractivity contribution < 1.29 is 14.0 Å². The Labute approximate surface area is 188 Å². The van der Waals surface area contributed by atoms with Crippen LogP contribution in [-0.4, -0.2) is 26.7 Å². The molecule has 32 heavy (non-hydrogen) atoms. The summed E-state index contributed by atoms with van der Waals surface area (Å²) in [6.07, 6.45) is 1.60. The number of nitrogens with zero attached hydrogens (tertiary/aromatic N) is 3. The van der Waals surface area contributed by atoms with Gasteiger partial charge in [0.15, 0.2) is 11.0 Å². The summed E-state index contributed by atoms with van der Waals surface area (Å²) in [4.78, 5) is 24.1. The molecule has 4 aromatic rings. The van der Waals surface area contributed by atoms with Gasteiger partial charge in [0.25, 0.3) is 0 Å². The van der Waals surface area contributed by atoms with Crippen LogP contribution in [0.3, 0.4) is 0 Å². The first kappa shape index (κ1) is 21.4. The Morgan fingerprint density at radius 2 is 1.91 bits per heavy atom. The van der Waals surface area contributed by atoms with Gasteiger partial charge in [0, 0.05) is 5.56 Å². The summed E-state index contributed by atoms with van der Waals surface area (Å²) in [5.74, 6) is 0.839. The van der Waals surface area contributed by atoms with E-state index in [1.807, 2.05) is 78.2 Å². The number of hydrogen-bond acceptors (Lipinski definition) is 6. The van der Waals surface area contributed by atoms with E-state index in [-0.39, 0.29) is 0 Å². The van der Waals surface area contributed by atoms with Gasteiger partial charge in [0.05, 0.1) is 12.8 Å². The monoisotopic (exact) mass is 447 g/mol. The van der Waals surface area contributed by atoms with Crippen LogP contribution in [0.2, 0.25) is 0 Å². The standard InChI is InChI=1S/C23H21N5O3S/c1-15-7-5-10-17(13-15)20-26-27-23(28(20)14-18-11-6-12-31-18)32-19(21(29)25-22(24)30)16-8-3-2-4-9-16/h2-13,19H,14H2,1H3,(H3,24,25,29,30)/t19-/m0/s1. The number of amides is 3. The molecule has 0 aliphatic rings. The molecule has 0 unspecified atom stereocenters. The molecule has 9 heteroatoms. The lowest BCUT2D eigenvalue weighted by Gasteiger charge is -2.16. The van der Waals surface area contributed by atoms with Crippen LogP contribution in [0.25, 0.3) is 11.4 Å². The molecule has 4 rings (SSSR count). The average molecular weight is 448 g/mol. The highest BCUT2D eigenvalue weighted by atomic mass is 32.2. The number of benzene rings is 2. The van der Waals surface area contributed by atoms with Gasteiger partial charge in [-0.25, -0.2) is 4.79 Å². The van der Waals surface area contributed by atoms with Crippen LogP contribution in [-0.2, 0) is 11.3 Å². The summed E-state index contributed by atoms with van der Waals surface area (Å²) in [5, 5.41) is 10.7. The fourth-order valence-corrected chi connectivity index (χ4v) is 4.30. The Hall–Kier alpha value is -3.85. The van der Waals surface area contributed by atoms with Crippen molar-refractivity contribution in [1.29, 1.82) is 0 Å². The van der Waals surface area contributed by atoms with Gasteiger partial charge in [-0.1, -0.05) is 65.9 Å². The molecule has 0 spiro atoms. The fourth-order valence-electron chi connectivity index (χ4n) is 3.27. The number of primary amides is 1. The first-order valence-corrected chi connectivity index (χ1v) is 10.7. The van der Waals surface area contributed by atoms with Crippen molar-refractivity contribution in [3.63, 3.8) is 0 Å². The van der Waals surface area contributed by atoms with Gasteiger partial charge in [0.2, 0.25) is 5.91 Å². The zero-order valence-electron chi connectivity index (χ0n) is 17.3. The van der Waals surface area contributed by atoms with Crippen LogP contribution in [0, 0.1) is 6.92 Å². The number of thioether (sulfide) groups is 1. The van der Waals surface area contributed by atoms with E-state index in [2.05, 4.69) is 15.5 Å². The number of aromatic nitrogens is 3. The molecule has 162 valence electrons. The van der Waals surface area contributed by atoms with Crippen molar-refractivity contribution in [3.8, 4) is 11.4 Å². The van der Waals surface area contributed by atoms with E-state index in [9.17, 15) is 9.59 Å². The number of carbonyl (C=O) groups is 2.